The fraction of sp³-hybridized carbons (Fsp3) is 0.542. The van der Waals surface area contributed by atoms with E-state index in [4.69, 9.17) is 19.1 Å². The number of carbonyl (C=O) groups is 2. The van der Waals surface area contributed by atoms with Gasteiger partial charge in [0.25, 0.3) is 0 Å². The molecule has 2 unspecified atom stereocenters. The van der Waals surface area contributed by atoms with Gasteiger partial charge >= 0.3 is 19.8 Å². The fourth-order valence-corrected chi connectivity index (χ4v) is 5.65. The van der Waals surface area contributed by atoms with E-state index in [1.807, 2.05) is 60.8 Å². The molecule has 0 rings (SSSR count). The highest BCUT2D eigenvalue weighted by Gasteiger charge is 2.27. The van der Waals surface area contributed by atoms with Gasteiger partial charge in [-0.25, -0.2) is 4.57 Å². The van der Waals surface area contributed by atoms with Gasteiger partial charge in [0.15, 0.2) is 6.10 Å². The van der Waals surface area contributed by atoms with E-state index in [1.54, 1.807) is 6.08 Å². The third-order valence-corrected chi connectivity index (χ3v) is 9.14. The standard InChI is InChI=1S/C48H75O11P/c1-3-5-7-8-9-10-11-12-13-14-15-18-22-25-28-31-35-39-48(53)59-46(43-58-60(54,55)57-41-45(51)40-49)42-56-47(52)38-34-30-27-24-21-19-16-17-20-23-26-29-33-37-44(50)36-32-6-4-2/h6,9-10,12-13,15,17-21,25-30,32-33,37,44-46,49-51H,3-5,7-8,11,14,16,22-24,31,34-36,38-43H2,1-2H3,(H,54,55)/b10-9-,13-12-,18-15-,20-17-,21-19-,28-25-,29-26+,30-27-,32-6-,37-33+/t44?,45-,46+/m0/s1. The van der Waals surface area contributed by atoms with Crippen molar-refractivity contribution in [2.75, 3.05) is 26.4 Å². The van der Waals surface area contributed by atoms with E-state index in [2.05, 4.69) is 73.1 Å². The number of aliphatic hydroxyl groups is 3. The second-order valence-electron chi connectivity index (χ2n) is 13.8. The average molecular weight is 859 g/mol. The first kappa shape index (κ1) is 56.3. The molecule has 0 radical (unpaired) electrons. The van der Waals surface area contributed by atoms with E-state index in [1.165, 1.54) is 19.3 Å². The Morgan fingerprint density at radius 2 is 1.12 bits per heavy atom. The first-order valence-electron chi connectivity index (χ1n) is 21.6. The van der Waals surface area contributed by atoms with Gasteiger partial charge in [-0.2, -0.15) is 0 Å². The maximum atomic E-state index is 12.6. The van der Waals surface area contributed by atoms with Gasteiger partial charge in [-0.3, -0.25) is 18.6 Å². The van der Waals surface area contributed by atoms with Gasteiger partial charge in [0.2, 0.25) is 0 Å². The fourth-order valence-electron chi connectivity index (χ4n) is 4.86. The summed E-state index contributed by atoms with van der Waals surface area (Å²) in [7, 11) is -4.67. The minimum Gasteiger partial charge on any atom is -0.462 e. The van der Waals surface area contributed by atoms with Crippen molar-refractivity contribution < 1.29 is 52.9 Å². The topological polar surface area (TPSA) is 169 Å². The Hall–Kier alpha value is -3.67. The highest BCUT2D eigenvalue weighted by molar-refractivity contribution is 7.47. The van der Waals surface area contributed by atoms with Crippen LogP contribution < -0.4 is 0 Å². The normalized spacial score (nSPS) is 15.5. The molecule has 0 saturated carbocycles. The van der Waals surface area contributed by atoms with Crippen LogP contribution in [-0.4, -0.2) is 76.9 Å². The van der Waals surface area contributed by atoms with Crippen LogP contribution in [0.4, 0.5) is 0 Å². The quantitative estimate of drug-likeness (QED) is 0.0153. The van der Waals surface area contributed by atoms with E-state index in [-0.39, 0.29) is 12.8 Å². The molecule has 4 atom stereocenters. The number of unbranched alkanes of at least 4 members (excludes halogenated alkanes) is 4. The Balaban J connectivity index is 4.58. The largest absolute Gasteiger partial charge is 0.472 e. The van der Waals surface area contributed by atoms with Gasteiger partial charge in [-0.15, -0.1) is 0 Å². The van der Waals surface area contributed by atoms with Crippen molar-refractivity contribution in [2.24, 2.45) is 0 Å². The number of allylic oxidation sites excluding steroid dienone is 18. The monoisotopic (exact) mass is 859 g/mol. The van der Waals surface area contributed by atoms with Crippen LogP contribution in [0.3, 0.4) is 0 Å². The second-order valence-corrected chi connectivity index (χ2v) is 15.3. The average Bonchev–Trinajstić information content (AvgIpc) is 3.23. The molecule has 0 aliphatic carbocycles. The van der Waals surface area contributed by atoms with Crippen LogP contribution in [0.25, 0.3) is 0 Å². The van der Waals surface area contributed by atoms with Crippen LogP contribution in [0, 0.1) is 0 Å². The number of phosphoric ester groups is 1. The molecule has 0 amide bonds. The van der Waals surface area contributed by atoms with E-state index in [0.29, 0.717) is 32.1 Å². The molecule has 338 valence electrons. The first-order valence-corrected chi connectivity index (χ1v) is 23.1. The van der Waals surface area contributed by atoms with Gasteiger partial charge in [-0.1, -0.05) is 148 Å². The SMILES string of the molecule is CC/C=C\CC(O)/C=C/C=C/C/C=C\C/C=C\C/C=C\CCC(=O)OC[C@H](COP(=O)(O)OC[C@@H](O)CO)OC(=O)CCC/C=C\C/C=C\C/C=C\C/C=C\CCCCC. The molecule has 0 bridgehead atoms. The number of hydrogen-bond donors (Lipinski definition) is 4. The summed E-state index contributed by atoms with van der Waals surface area (Å²) in [5.41, 5.74) is 0. The third kappa shape index (κ3) is 41.1. The first-order chi connectivity index (χ1) is 29.1. The summed E-state index contributed by atoms with van der Waals surface area (Å²) in [6.45, 7) is 1.95. The maximum Gasteiger partial charge on any atom is 0.472 e. The van der Waals surface area contributed by atoms with Crippen molar-refractivity contribution >= 4 is 19.8 Å². The lowest BCUT2D eigenvalue weighted by Gasteiger charge is -2.20. The summed E-state index contributed by atoms with van der Waals surface area (Å²) in [6.07, 6.45) is 50.9. The molecule has 11 nitrogen and oxygen atoms in total. The molecule has 0 aliphatic heterocycles. The zero-order valence-corrected chi connectivity index (χ0v) is 37.1. The molecular weight excluding hydrogens is 783 g/mol. The van der Waals surface area contributed by atoms with Crippen LogP contribution >= 0.6 is 7.82 Å². The number of esters is 2. The molecule has 0 aromatic carbocycles. The van der Waals surface area contributed by atoms with Crippen molar-refractivity contribution in [3.63, 3.8) is 0 Å². The molecule has 0 aliphatic rings. The Kier molecular flexibility index (Phi) is 39.5. The summed E-state index contributed by atoms with van der Waals surface area (Å²) in [4.78, 5) is 34.9. The molecule has 0 saturated heterocycles. The van der Waals surface area contributed by atoms with Crippen molar-refractivity contribution in [2.45, 2.75) is 141 Å². The van der Waals surface area contributed by atoms with E-state index in [0.717, 1.165) is 44.9 Å². The Labute approximate surface area is 360 Å². The van der Waals surface area contributed by atoms with Crippen molar-refractivity contribution in [3.8, 4) is 0 Å². The van der Waals surface area contributed by atoms with E-state index >= 15 is 0 Å². The maximum absolute atomic E-state index is 12.6. The molecule has 4 N–H and O–H groups in total. The number of aliphatic hydroxyl groups excluding tert-OH is 3. The predicted octanol–water partition coefficient (Wildman–Crippen LogP) is 10.5. The van der Waals surface area contributed by atoms with Gasteiger partial charge in [0.1, 0.15) is 12.7 Å². The third-order valence-electron chi connectivity index (χ3n) is 8.19. The number of rotatable bonds is 38. The van der Waals surface area contributed by atoms with E-state index in [9.17, 15) is 29.3 Å². The molecule has 0 spiro atoms. The summed E-state index contributed by atoms with van der Waals surface area (Å²) >= 11 is 0. The predicted molar refractivity (Wildman–Crippen MR) is 243 cm³/mol. The molecule has 0 heterocycles. The lowest BCUT2D eigenvalue weighted by molar-refractivity contribution is -0.161. The van der Waals surface area contributed by atoms with Gasteiger partial charge in [0, 0.05) is 12.8 Å². The number of carbonyl (C=O) groups excluding carboxylic acids is 2. The summed E-state index contributed by atoms with van der Waals surface area (Å²) in [5.74, 6) is -1.12. The zero-order valence-electron chi connectivity index (χ0n) is 36.2. The highest BCUT2D eigenvalue weighted by atomic mass is 31.2. The minimum atomic E-state index is -4.67. The van der Waals surface area contributed by atoms with Gasteiger partial charge < -0.3 is 29.7 Å². The van der Waals surface area contributed by atoms with Crippen LogP contribution in [0.5, 0.6) is 0 Å². The van der Waals surface area contributed by atoms with E-state index < -0.39 is 64.5 Å². The van der Waals surface area contributed by atoms with Gasteiger partial charge in [-0.05, 0) is 83.5 Å². The number of hydrogen-bond acceptors (Lipinski definition) is 10. The molecular formula is C48H75O11P. The molecule has 0 fully saturated rings. The lowest BCUT2D eigenvalue weighted by atomic mass is 10.2. The Bertz CT molecular complexity index is 1420. The Morgan fingerprint density at radius 3 is 1.68 bits per heavy atom. The summed E-state index contributed by atoms with van der Waals surface area (Å²) in [5, 5.41) is 28.2. The summed E-state index contributed by atoms with van der Waals surface area (Å²) in [6, 6.07) is 0. The summed E-state index contributed by atoms with van der Waals surface area (Å²) < 4.78 is 32.5. The second kappa shape index (κ2) is 42.0. The minimum absolute atomic E-state index is 0.0768. The molecule has 12 heteroatoms. The smallest absolute Gasteiger partial charge is 0.462 e. The van der Waals surface area contributed by atoms with Crippen molar-refractivity contribution in [1.82, 2.24) is 0 Å². The van der Waals surface area contributed by atoms with Gasteiger partial charge in [0.05, 0.1) is 25.9 Å². The molecule has 60 heavy (non-hydrogen) atoms. The van der Waals surface area contributed by atoms with Crippen molar-refractivity contribution in [3.05, 3.63) is 122 Å². The highest BCUT2D eigenvalue weighted by Crippen LogP contribution is 2.43. The van der Waals surface area contributed by atoms with Crippen LogP contribution in [0.15, 0.2) is 122 Å². The van der Waals surface area contributed by atoms with Crippen molar-refractivity contribution in [1.29, 1.82) is 0 Å². The van der Waals surface area contributed by atoms with Crippen LogP contribution in [0.2, 0.25) is 0 Å². The van der Waals surface area contributed by atoms with Crippen LogP contribution in [-0.2, 0) is 32.7 Å². The molecule has 0 aromatic heterocycles. The lowest BCUT2D eigenvalue weighted by Crippen LogP contribution is -2.29. The number of phosphoric acid groups is 1. The zero-order chi connectivity index (χ0) is 44.2. The molecule has 0 aromatic rings. The Morgan fingerprint density at radius 1 is 0.583 bits per heavy atom. The van der Waals surface area contributed by atoms with Crippen LogP contribution in [0.1, 0.15) is 123 Å². The number of ether oxygens (including phenoxy) is 2.